The molecule has 0 fully saturated rings. The lowest BCUT2D eigenvalue weighted by atomic mass is 10.2. The number of hydrogen-bond donors (Lipinski definition) is 3. The van der Waals surface area contributed by atoms with Crippen LogP contribution >= 0.6 is 15.9 Å². The molecule has 188 valence electrons. The van der Waals surface area contributed by atoms with Crippen LogP contribution in [0.3, 0.4) is 0 Å². The van der Waals surface area contributed by atoms with Crippen LogP contribution in [0.1, 0.15) is 28.8 Å². The van der Waals surface area contributed by atoms with Gasteiger partial charge < -0.3 is 25.1 Å². The van der Waals surface area contributed by atoms with Crippen molar-refractivity contribution in [2.45, 2.75) is 13.5 Å². The summed E-state index contributed by atoms with van der Waals surface area (Å²) in [7, 11) is 0. The Morgan fingerprint density at radius 3 is 2.16 bits per heavy atom. The summed E-state index contributed by atoms with van der Waals surface area (Å²) < 4.78 is 11.3. The van der Waals surface area contributed by atoms with Gasteiger partial charge >= 0.3 is 17.8 Å². The first kappa shape index (κ1) is 26.9. The fraction of sp³-hybridized carbons (Fsp3) is 0.115. The number of anilines is 2. The number of benzene rings is 2. The van der Waals surface area contributed by atoms with E-state index in [-0.39, 0.29) is 24.5 Å². The van der Waals surface area contributed by atoms with Gasteiger partial charge in [-0.05, 0) is 67.6 Å². The van der Waals surface area contributed by atoms with Gasteiger partial charge in [0.2, 0.25) is 0 Å². The molecule has 0 aliphatic carbocycles. The summed E-state index contributed by atoms with van der Waals surface area (Å²) in [6.07, 6.45) is 1.27. The number of amides is 3. The first-order chi connectivity index (χ1) is 17.8. The highest BCUT2D eigenvalue weighted by atomic mass is 79.9. The van der Waals surface area contributed by atoms with Gasteiger partial charge in [0.05, 0.1) is 18.7 Å². The molecule has 3 aromatic rings. The fourth-order valence-corrected chi connectivity index (χ4v) is 3.19. The summed E-state index contributed by atoms with van der Waals surface area (Å²) in [6.45, 7) is 1.83. The van der Waals surface area contributed by atoms with Crippen LogP contribution in [0.5, 0.6) is 0 Å². The normalized spacial score (nSPS) is 10.7. The number of esters is 1. The van der Waals surface area contributed by atoms with Gasteiger partial charge in [0.25, 0.3) is 5.91 Å². The SMILES string of the molecule is CCOC(=O)c1ccc(NC(=O)C(=O)NCc2ccc(/C=C(/C#N)C(=O)Nc3ccc(Br)cc3)o2)cc1. The molecule has 3 amide bonds. The number of nitriles is 1. The molecule has 2 aromatic carbocycles. The highest BCUT2D eigenvalue weighted by molar-refractivity contribution is 9.10. The standard InChI is InChI=1S/C26H21BrN4O6/c1-2-36-26(35)16-3-7-19(8-4-16)31-25(34)24(33)29-15-22-12-11-21(37-22)13-17(14-28)23(32)30-20-9-5-18(27)6-10-20/h3-13H,2,15H2,1H3,(H,29,33)(H,30,32)(H,31,34)/b17-13-. The highest BCUT2D eigenvalue weighted by Gasteiger charge is 2.16. The van der Waals surface area contributed by atoms with Crippen molar-refractivity contribution in [2.75, 3.05) is 17.2 Å². The van der Waals surface area contributed by atoms with Crippen molar-refractivity contribution in [3.63, 3.8) is 0 Å². The number of carbonyl (C=O) groups is 4. The molecule has 0 aliphatic heterocycles. The highest BCUT2D eigenvalue weighted by Crippen LogP contribution is 2.17. The quantitative estimate of drug-likeness (QED) is 0.162. The van der Waals surface area contributed by atoms with Gasteiger partial charge in [-0.2, -0.15) is 5.26 Å². The number of nitrogens with one attached hydrogen (secondary N) is 3. The molecule has 0 saturated carbocycles. The van der Waals surface area contributed by atoms with E-state index in [4.69, 9.17) is 9.15 Å². The second-order valence-corrected chi connectivity index (χ2v) is 8.29. The average molecular weight is 565 g/mol. The van der Waals surface area contributed by atoms with Crippen molar-refractivity contribution >= 4 is 57.1 Å². The van der Waals surface area contributed by atoms with Crippen molar-refractivity contribution in [3.05, 3.63) is 87.8 Å². The van der Waals surface area contributed by atoms with Crippen molar-refractivity contribution in [1.82, 2.24) is 5.32 Å². The minimum absolute atomic E-state index is 0.102. The van der Waals surface area contributed by atoms with Crippen LogP contribution in [0.4, 0.5) is 11.4 Å². The maximum absolute atomic E-state index is 12.4. The van der Waals surface area contributed by atoms with E-state index in [1.807, 2.05) is 6.07 Å². The van der Waals surface area contributed by atoms with Crippen LogP contribution in [-0.2, 0) is 25.7 Å². The zero-order valence-electron chi connectivity index (χ0n) is 19.5. The van der Waals surface area contributed by atoms with Crippen LogP contribution in [-0.4, -0.2) is 30.3 Å². The van der Waals surface area contributed by atoms with Gasteiger partial charge in [0.1, 0.15) is 23.2 Å². The summed E-state index contributed by atoms with van der Waals surface area (Å²) >= 11 is 3.30. The Kier molecular flexibility index (Phi) is 9.35. The Morgan fingerprint density at radius 2 is 1.54 bits per heavy atom. The third-order valence-electron chi connectivity index (χ3n) is 4.72. The van der Waals surface area contributed by atoms with E-state index < -0.39 is 23.7 Å². The number of halogens is 1. The molecule has 0 unspecified atom stereocenters. The number of hydrogen-bond acceptors (Lipinski definition) is 7. The zero-order valence-corrected chi connectivity index (χ0v) is 21.1. The number of ether oxygens (including phenoxy) is 1. The Morgan fingerprint density at radius 1 is 0.919 bits per heavy atom. The molecule has 1 heterocycles. The average Bonchev–Trinajstić information content (AvgIpc) is 3.35. The maximum Gasteiger partial charge on any atom is 0.338 e. The number of carbonyl (C=O) groups excluding carboxylic acids is 4. The molecule has 11 heteroatoms. The van der Waals surface area contributed by atoms with Crippen LogP contribution in [0.15, 0.2) is 75.1 Å². The van der Waals surface area contributed by atoms with Gasteiger partial charge in [-0.1, -0.05) is 15.9 Å². The van der Waals surface area contributed by atoms with Gasteiger partial charge in [0, 0.05) is 21.9 Å². The lowest BCUT2D eigenvalue weighted by Crippen LogP contribution is -2.34. The van der Waals surface area contributed by atoms with E-state index in [2.05, 4.69) is 31.9 Å². The molecular weight excluding hydrogens is 544 g/mol. The molecule has 3 N–H and O–H groups in total. The van der Waals surface area contributed by atoms with Gasteiger partial charge in [-0.25, -0.2) is 4.79 Å². The van der Waals surface area contributed by atoms with E-state index >= 15 is 0 Å². The topological polar surface area (TPSA) is 151 Å². The monoisotopic (exact) mass is 564 g/mol. The third kappa shape index (κ3) is 7.91. The van der Waals surface area contributed by atoms with Gasteiger partial charge in [-0.3, -0.25) is 14.4 Å². The number of nitrogens with zero attached hydrogens (tertiary/aromatic N) is 1. The van der Waals surface area contributed by atoms with Crippen molar-refractivity contribution in [2.24, 2.45) is 0 Å². The smallest absolute Gasteiger partial charge is 0.338 e. The van der Waals surface area contributed by atoms with E-state index in [0.29, 0.717) is 22.7 Å². The molecule has 0 bridgehead atoms. The Labute approximate surface area is 220 Å². The van der Waals surface area contributed by atoms with Gasteiger partial charge in [0.15, 0.2) is 0 Å². The third-order valence-corrected chi connectivity index (χ3v) is 5.25. The molecular formula is C26H21BrN4O6. The molecule has 0 aliphatic rings. The summed E-state index contributed by atoms with van der Waals surface area (Å²) in [4.78, 5) is 48.4. The molecule has 0 radical (unpaired) electrons. The lowest BCUT2D eigenvalue weighted by Gasteiger charge is -2.07. The van der Waals surface area contributed by atoms with Crippen LogP contribution in [0.25, 0.3) is 6.08 Å². The first-order valence-corrected chi connectivity index (χ1v) is 11.7. The molecule has 0 saturated heterocycles. The molecule has 1 aromatic heterocycles. The number of furan rings is 1. The maximum atomic E-state index is 12.4. The zero-order chi connectivity index (χ0) is 26.8. The van der Waals surface area contributed by atoms with E-state index in [1.54, 1.807) is 37.3 Å². The first-order valence-electron chi connectivity index (χ1n) is 10.9. The summed E-state index contributed by atoms with van der Waals surface area (Å²) in [6, 6.07) is 17.6. The number of rotatable bonds is 8. The van der Waals surface area contributed by atoms with Crippen molar-refractivity contribution in [1.29, 1.82) is 5.26 Å². The van der Waals surface area contributed by atoms with Crippen LogP contribution in [0, 0.1) is 11.3 Å². The van der Waals surface area contributed by atoms with Crippen molar-refractivity contribution in [3.8, 4) is 6.07 Å². The van der Waals surface area contributed by atoms with Crippen LogP contribution in [0.2, 0.25) is 0 Å². The second kappa shape index (κ2) is 12.9. The molecule has 3 rings (SSSR count). The van der Waals surface area contributed by atoms with Crippen LogP contribution < -0.4 is 16.0 Å². The van der Waals surface area contributed by atoms with Crippen molar-refractivity contribution < 1.29 is 28.3 Å². The summed E-state index contributed by atoms with van der Waals surface area (Å²) in [5.41, 5.74) is 0.980. The van der Waals surface area contributed by atoms with Gasteiger partial charge in [-0.15, -0.1) is 0 Å². The van der Waals surface area contributed by atoms with E-state index in [9.17, 15) is 24.4 Å². The Hall–Kier alpha value is -4.69. The Balaban J connectivity index is 1.53. The predicted octanol–water partition coefficient (Wildman–Crippen LogP) is 4.02. The lowest BCUT2D eigenvalue weighted by molar-refractivity contribution is -0.136. The summed E-state index contributed by atoms with van der Waals surface area (Å²) in [5, 5.41) is 16.8. The molecule has 0 atom stereocenters. The second-order valence-electron chi connectivity index (χ2n) is 7.37. The van der Waals surface area contributed by atoms with E-state index in [1.165, 1.54) is 36.4 Å². The predicted molar refractivity (Wildman–Crippen MR) is 138 cm³/mol. The molecule has 37 heavy (non-hydrogen) atoms. The fourth-order valence-electron chi connectivity index (χ4n) is 2.93. The summed E-state index contributed by atoms with van der Waals surface area (Å²) in [5.74, 6) is -2.39. The Bertz CT molecular complexity index is 1370. The molecule has 10 nitrogen and oxygen atoms in total. The van der Waals surface area contributed by atoms with E-state index in [0.717, 1.165) is 4.47 Å². The minimum Gasteiger partial charge on any atom is -0.462 e. The largest absolute Gasteiger partial charge is 0.462 e. The minimum atomic E-state index is -0.910. The molecule has 0 spiro atoms.